The summed E-state index contributed by atoms with van der Waals surface area (Å²) in [4.78, 5) is 1.40. The van der Waals surface area contributed by atoms with E-state index in [-0.39, 0.29) is 41.9 Å². The molecule has 5 nitrogen and oxygen atoms in total. The normalized spacial score (nSPS) is 16.2. The highest BCUT2D eigenvalue weighted by molar-refractivity contribution is 5.85. The second-order valence-electron chi connectivity index (χ2n) is 5.15. The summed E-state index contributed by atoms with van der Waals surface area (Å²) in [6, 6.07) is 1.11. The Morgan fingerprint density at radius 1 is 0.960 bits per heavy atom. The van der Waals surface area contributed by atoms with Crippen LogP contribution >= 0.6 is 24.8 Å². The van der Waals surface area contributed by atoms with Crippen LogP contribution in [0.25, 0.3) is 0 Å². The second kappa shape index (κ2) is 10.2. The molecule has 0 aliphatic carbocycles. The summed E-state index contributed by atoms with van der Waals surface area (Å²) >= 11 is 0. The van der Waals surface area contributed by atoms with Gasteiger partial charge in [-0.15, -0.1) is 24.8 Å². The number of rotatable bonds is 5. The number of methoxy groups -OCH3 is 3. The van der Waals surface area contributed by atoms with E-state index in [0.29, 0.717) is 31.9 Å². The first-order chi connectivity index (χ1) is 10.9. The van der Waals surface area contributed by atoms with E-state index in [0.717, 1.165) is 0 Å². The highest BCUT2D eigenvalue weighted by Gasteiger charge is 2.47. The maximum Gasteiger partial charge on any atom is 0.408 e. The molecule has 10 heteroatoms. The molecule has 25 heavy (non-hydrogen) atoms. The lowest BCUT2D eigenvalue weighted by Gasteiger charge is -2.36. The number of alkyl halides is 3. The van der Waals surface area contributed by atoms with Crippen molar-refractivity contribution in [2.24, 2.45) is 0 Å². The van der Waals surface area contributed by atoms with Crippen molar-refractivity contribution in [1.82, 2.24) is 10.2 Å². The molecule has 0 amide bonds. The molecular weight excluding hydrogens is 384 g/mol. The molecule has 0 saturated carbocycles. The Hall–Kier alpha value is -1.09. The van der Waals surface area contributed by atoms with Crippen LogP contribution < -0.4 is 19.5 Å². The largest absolute Gasteiger partial charge is 0.493 e. The van der Waals surface area contributed by atoms with E-state index in [1.807, 2.05) is 0 Å². The summed E-state index contributed by atoms with van der Waals surface area (Å²) < 4.78 is 56.8. The van der Waals surface area contributed by atoms with Gasteiger partial charge in [0.15, 0.2) is 11.5 Å². The van der Waals surface area contributed by atoms with Crippen molar-refractivity contribution in [2.45, 2.75) is 12.2 Å². The third kappa shape index (κ3) is 5.20. The zero-order valence-electron chi connectivity index (χ0n) is 14.2. The Bertz CT molecular complexity index is 541. The average molecular weight is 407 g/mol. The zero-order valence-corrected chi connectivity index (χ0v) is 15.8. The van der Waals surface area contributed by atoms with Crippen LogP contribution in [0, 0.1) is 0 Å². The van der Waals surface area contributed by atoms with Crippen molar-refractivity contribution >= 4 is 24.8 Å². The van der Waals surface area contributed by atoms with Gasteiger partial charge in [-0.3, -0.25) is 4.90 Å². The molecule has 1 N–H and O–H groups in total. The molecule has 1 aromatic carbocycles. The van der Waals surface area contributed by atoms with Gasteiger partial charge in [0.2, 0.25) is 5.75 Å². The Labute approximate surface area is 157 Å². The van der Waals surface area contributed by atoms with Gasteiger partial charge in [0.25, 0.3) is 0 Å². The first-order valence-electron chi connectivity index (χ1n) is 7.24. The van der Waals surface area contributed by atoms with Crippen molar-refractivity contribution < 1.29 is 27.4 Å². The second-order valence-corrected chi connectivity index (χ2v) is 5.15. The van der Waals surface area contributed by atoms with Crippen molar-refractivity contribution in [1.29, 1.82) is 0 Å². The van der Waals surface area contributed by atoms with Gasteiger partial charge in [-0.1, -0.05) is 0 Å². The highest BCUT2D eigenvalue weighted by atomic mass is 35.5. The van der Waals surface area contributed by atoms with E-state index in [4.69, 9.17) is 14.2 Å². The third-order valence-corrected chi connectivity index (χ3v) is 3.86. The van der Waals surface area contributed by atoms with Gasteiger partial charge >= 0.3 is 6.18 Å². The Morgan fingerprint density at radius 3 is 1.96 bits per heavy atom. The van der Waals surface area contributed by atoms with E-state index in [1.54, 1.807) is 0 Å². The lowest BCUT2D eigenvalue weighted by Crippen LogP contribution is -2.49. The number of hydrogen-bond acceptors (Lipinski definition) is 5. The van der Waals surface area contributed by atoms with Crippen LogP contribution in [0.3, 0.4) is 0 Å². The van der Waals surface area contributed by atoms with Gasteiger partial charge in [0.1, 0.15) is 6.04 Å². The minimum atomic E-state index is -4.43. The lowest BCUT2D eigenvalue weighted by molar-refractivity contribution is -0.188. The molecule has 0 spiro atoms. The fourth-order valence-electron chi connectivity index (χ4n) is 2.86. The van der Waals surface area contributed by atoms with E-state index < -0.39 is 12.2 Å². The molecule has 1 aromatic rings. The zero-order chi connectivity index (χ0) is 17.0. The fourth-order valence-corrected chi connectivity index (χ4v) is 2.86. The number of nitrogens with one attached hydrogen (secondary N) is 1. The standard InChI is InChI=1S/C15H21F3N2O3.2ClH/c1-21-11-5-4-10(12(22-2)13(11)23-3)14(15(16,17)18)20-8-6-19-7-9-20;;/h4-5,14,19H,6-9H2,1-3H3;2*1H/t14-;;/m1../s1. The van der Waals surface area contributed by atoms with Gasteiger partial charge in [0.05, 0.1) is 21.3 Å². The predicted molar refractivity (Wildman–Crippen MR) is 93.8 cm³/mol. The topological polar surface area (TPSA) is 43.0 Å². The molecule has 0 bridgehead atoms. The van der Waals surface area contributed by atoms with Crippen LogP contribution in [0.1, 0.15) is 11.6 Å². The fraction of sp³-hybridized carbons (Fsp3) is 0.600. The molecule has 1 aliphatic heterocycles. The Balaban J connectivity index is 0.00000288. The van der Waals surface area contributed by atoms with Crippen molar-refractivity contribution in [3.05, 3.63) is 17.7 Å². The predicted octanol–water partition coefficient (Wildman–Crippen LogP) is 3.06. The van der Waals surface area contributed by atoms with Gasteiger partial charge in [-0.25, -0.2) is 0 Å². The van der Waals surface area contributed by atoms with Crippen LogP contribution in [0.5, 0.6) is 17.2 Å². The Kier molecular flexibility index (Phi) is 9.71. The summed E-state index contributed by atoms with van der Waals surface area (Å²) in [5, 5.41) is 3.06. The van der Waals surface area contributed by atoms with Crippen LogP contribution in [0.15, 0.2) is 12.1 Å². The van der Waals surface area contributed by atoms with Gasteiger partial charge in [0, 0.05) is 31.7 Å². The SMILES string of the molecule is COc1ccc([C@@H](N2CCNCC2)C(F)(F)F)c(OC)c1OC.Cl.Cl. The maximum absolute atomic E-state index is 13.7. The van der Waals surface area contributed by atoms with Gasteiger partial charge in [-0.05, 0) is 12.1 Å². The summed E-state index contributed by atoms with van der Waals surface area (Å²) in [6.45, 7) is 1.65. The molecule has 146 valence electrons. The third-order valence-electron chi connectivity index (χ3n) is 3.86. The van der Waals surface area contributed by atoms with Crippen LogP contribution in [-0.4, -0.2) is 58.6 Å². The minimum Gasteiger partial charge on any atom is -0.493 e. The van der Waals surface area contributed by atoms with E-state index >= 15 is 0 Å². The Morgan fingerprint density at radius 2 is 1.52 bits per heavy atom. The van der Waals surface area contributed by atoms with Crippen molar-refractivity contribution in [3.63, 3.8) is 0 Å². The summed E-state index contributed by atoms with van der Waals surface area (Å²) in [5.41, 5.74) is 0.0274. The molecule has 1 saturated heterocycles. The molecular formula is C15H23Cl2F3N2O3. The summed E-state index contributed by atoms with van der Waals surface area (Å²) in [7, 11) is 4.12. The molecule has 0 aromatic heterocycles. The number of nitrogens with zero attached hydrogens (tertiary/aromatic N) is 1. The van der Waals surface area contributed by atoms with E-state index in [1.165, 1.54) is 38.4 Å². The van der Waals surface area contributed by atoms with Crippen molar-refractivity contribution in [3.8, 4) is 17.2 Å². The number of piperazine rings is 1. The molecule has 0 radical (unpaired) electrons. The molecule has 0 unspecified atom stereocenters. The lowest BCUT2D eigenvalue weighted by atomic mass is 10.0. The monoisotopic (exact) mass is 406 g/mol. The van der Waals surface area contributed by atoms with Crippen LogP contribution in [0.2, 0.25) is 0 Å². The highest BCUT2D eigenvalue weighted by Crippen LogP contribution is 2.48. The summed E-state index contributed by atoms with van der Waals surface area (Å²) in [5.74, 6) is 0.541. The quantitative estimate of drug-likeness (QED) is 0.813. The van der Waals surface area contributed by atoms with Crippen LogP contribution in [-0.2, 0) is 0 Å². The first-order valence-corrected chi connectivity index (χ1v) is 7.24. The number of halogens is 5. The average Bonchev–Trinajstić information content (AvgIpc) is 2.54. The van der Waals surface area contributed by atoms with Gasteiger partial charge < -0.3 is 19.5 Å². The van der Waals surface area contributed by atoms with Gasteiger partial charge in [-0.2, -0.15) is 13.2 Å². The number of hydrogen-bond donors (Lipinski definition) is 1. The number of benzene rings is 1. The van der Waals surface area contributed by atoms with E-state index in [2.05, 4.69) is 5.32 Å². The van der Waals surface area contributed by atoms with Crippen LogP contribution in [0.4, 0.5) is 13.2 Å². The molecule has 1 atom stereocenters. The smallest absolute Gasteiger partial charge is 0.408 e. The molecule has 2 rings (SSSR count). The van der Waals surface area contributed by atoms with Crippen molar-refractivity contribution in [2.75, 3.05) is 47.5 Å². The first kappa shape index (κ1) is 23.9. The number of ether oxygens (including phenoxy) is 3. The molecule has 1 heterocycles. The summed E-state index contributed by atoms with van der Waals surface area (Å²) in [6.07, 6.45) is -4.43. The molecule has 1 aliphatic rings. The van der Waals surface area contributed by atoms with E-state index in [9.17, 15) is 13.2 Å². The molecule has 1 fully saturated rings. The maximum atomic E-state index is 13.7. The minimum absolute atomic E-state index is 0.